The summed E-state index contributed by atoms with van der Waals surface area (Å²) in [5.41, 5.74) is 12.5. The number of hydrogen-bond donors (Lipinski definition) is 2. The third-order valence-corrected chi connectivity index (χ3v) is 7.95. The predicted octanol–water partition coefficient (Wildman–Crippen LogP) is 4.92. The van der Waals surface area contributed by atoms with Gasteiger partial charge >= 0.3 is 6.01 Å². The number of likely N-dealkylation sites (N-methyl/N-ethyl adjacent to an activating group) is 2. The van der Waals surface area contributed by atoms with Crippen molar-refractivity contribution < 1.29 is 22.7 Å². The smallest absolute Gasteiger partial charge is 0.318 e. The van der Waals surface area contributed by atoms with Crippen LogP contribution in [-0.2, 0) is 17.8 Å². The van der Waals surface area contributed by atoms with E-state index in [0.29, 0.717) is 31.9 Å². The zero-order valence-electron chi connectivity index (χ0n) is 25.3. The van der Waals surface area contributed by atoms with Gasteiger partial charge in [-0.05, 0) is 58.4 Å². The van der Waals surface area contributed by atoms with Crippen LogP contribution in [0.15, 0.2) is 24.7 Å². The van der Waals surface area contributed by atoms with Crippen molar-refractivity contribution in [3.05, 3.63) is 47.1 Å². The lowest BCUT2D eigenvalue weighted by molar-refractivity contribution is -0.128. The number of ether oxygens (including phenoxy) is 1. The number of alkyl halides is 2. The molecule has 1 atom stereocenters. The van der Waals surface area contributed by atoms with Crippen molar-refractivity contribution in [3.63, 3.8) is 0 Å². The van der Waals surface area contributed by atoms with Crippen LogP contribution in [0.5, 0.6) is 6.01 Å². The fraction of sp³-hybridized carbons (Fsp3) is 0.533. The number of aryl methyl sites for hydroxylation is 1. The van der Waals surface area contributed by atoms with Crippen LogP contribution < -0.4 is 15.4 Å². The van der Waals surface area contributed by atoms with Crippen LogP contribution in [0.3, 0.4) is 0 Å². The molecule has 2 aliphatic rings. The Morgan fingerprint density at radius 2 is 1.95 bits per heavy atom. The predicted molar refractivity (Wildman–Crippen MR) is 174 cm³/mol. The van der Waals surface area contributed by atoms with Crippen molar-refractivity contribution in [2.75, 3.05) is 50.5 Å². The number of rotatable bonds is 7. The van der Waals surface area contributed by atoms with E-state index in [1.807, 2.05) is 6.20 Å². The average molecular weight is 639 g/mol. The minimum atomic E-state index is -2.69. The van der Waals surface area contributed by atoms with Gasteiger partial charge in [0.1, 0.15) is 12.4 Å². The van der Waals surface area contributed by atoms with Crippen LogP contribution in [-0.4, -0.2) is 87.7 Å². The van der Waals surface area contributed by atoms with Gasteiger partial charge in [0.25, 0.3) is 11.8 Å². The van der Waals surface area contributed by atoms with Crippen molar-refractivity contribution in [1.82, 2.24) is 30.0 Å². The van der Waals surface area contributed by atoms with Gasteiger partial charge in [0.15, 0.2) is 5.83 Å². The highest BCUT2D eigenvalue weighted by Gasteiger charge is 2.43. The number of halogens is 3. The van der Waals surface area contributed by atoms with Gasteiger partial charge in [0, 0.05) is 43.0 Å². The van der Waals surface area contributed by atoms with Gasteiger partial charge in [0.05, 0.1) is 36.2 Å². The molecule has 3 N–H and O–H groups in total. The number of nitrogens with zero attached hydrogens (tertiary/aromatic N) is 6. The van der Waals surface area contributed by atoms with E-state index in [-0.39, 0.29) is 52.5 Å². The number of carbonyl (C=O) groups is 1. The molecule has 0 aliphatic carbocycles. The van der Waals surface area contributed by atoms with Crippen molar-refractivity contribution >= 4 is 41.8 Å². The number of H-pyrrole nitrogens is 1. The Morgan fingerprint density at radius 1 is 1.27 bits per heavy atom. The molecule has 1 amide bonds. The van der Waals surface area contributed by atoms with Crippen molar-refractivity contribution in [3.8, 4) is 6.01 Å². The molecule has 2 aromatic heterocycles. The number of likely N-dealkylation sites (tertiary alicyclic amines) is 1. The standard InChI is InChI=1S/C22H27F2N7O.C7H12FNO.CH4.H2S/c1-12-6-17-16(8-26-29-17)19(13(12)2)31-5-4-15-18(9-31)27-21(28-20(15)25)32-10-14-7-22(23,24)11-30(14)3;1-4-9(5-2)7(10)6(3)8;;/h6,8,14H,4-5,7,9-11H2,1-3H3,(H,26,29)(H2,25,27,28);3-5H2,1-2H3;1H4;1H2/t14-;;;/m0.../s1. The lowest BCUT2D eigenvalue weighted by Crippen LogP contribution is -2.33. The van der Waals surface area contributed by atoms with E-state index in [4.69, 9.17) is 10.5 Å². The molecule has 244 valence electrons. The maximum atomic E-state index is 13.7. The fourth-order valence-electron chi connectivity index (χ4n) is 5.51. The van der Waals surface area contributed by atoms with E-state index in [2.05, 4.69) is 51.6 Å². The van der Waals surface area contributed by atoms with Crippen LogP contribution in [0.4, 0.5) is 24.7 Å². The number of hydrogen-bond acceptors (Lipinski definition) is 8. The summed E-state index contributed by atoms with van der Waals surface area (Å²) in [4.78, 5) is 24.9. The van der Waals surface area contributed by atoms with Crippen LogP contribution in [0.1, 0.15) is 50.1 Å². The van der Waals surface area contributed by atoms with Crippen LogP contribution in [0.25, 0.3) is 10.9 Å². The zero-order valence-corrected chi connectivity index (χ0v) is 26.3. The van der Waals surface area contributed by atoms with Gasteiger partial charge in [-0.15, -0.1) is 0 Å². The van der Waals surface area contributed by atoms with Gasteiger partial charge in [-0.2, -0.15) is 28.6 Å². The van der Waals surface area contributed by atoms with Gasteiger partial charge in [-0.25, -0.2) is 13.2 Å². The number of carbonyl (C=O) groups excluding carboxylic acids is 1. The molecule has 0 unspecified atom stereocenters. The molecule has 1 saturated heterocycles. The summed E-state index contributed by atoms with van der Waals surface area (Å²) in [6, 6.07) is 1.86. The number of nitrogens with one attached hydrogen (secondary N) is 1. The highest BCUT2D eigenvalue weighted by atomic mass is 32.1. The minimum Gasteiger partial charge on any atom is -0.462 e. The summed E-state index contributed by atoms with van der Waals surface area (Å²) < 4.78 is 45.2. The molecule has 3 aromatic rings. The van der Waals surface area contributed by atoms with E-state index in [0.717, 1.165) is 34.4 Å². The fourth-order valence-corrected chi connectivity index (χ4v) is 5.51. The molecular formula is C30H45F3N8O2S. The highest BCUT2D eigenvalue weighted by molar-refractivity contribution is 7.59. The molecule has 44 heavy (non-hydrogen) atoms. The molecule has 1 fully saturated rings. The van der Waals surface area contributed by atoms with Gasteiger partial charge in [0.2, 0.25) is 0 Å². The first-order valence-corrected chi connectivity index (χ1v) is 14.0. The Balaban J connectivity index is 0.000000490. The topological polar surface area (TPSA) is 116 Å². The van der Waals surface area contributed by atoms with E-state index in [1.54, 1.807) is 25.8 Å². The summed E-state index contributed by atoms with van der Waals surface area (Å²) >= 11 is 0. The Bertz CT molecular complexity index is 1460. The number of nitrogen functional groups attached to an aromatic ring is 1. The molecule has 4 heterocycles. The van der Waals surface area contributed by atoms with E-state index in [9.17, 15) is 18.0 Å². The summed E-state index contributed by atoms with van der Waals surface area (Å²) in [5.74, 6) is -3.79. The number of aromatic amines is 1. The van der Waals surface area contributed by atoms with Gasteiger partial charge in [-0.1, -0.05) is 14.0 Å². The number of fused-ring (bicyclic) bond motifs is 2. The number of amides is 1. The molecule has 10 nitrogen and oxygen atoms in total. The van der Waals surface area contributed by atoms with E-state index >= 15 is 0 Å². The molecule has 0 spiro atoms. The highest BCUT2D eigenvalue weighted by Crippen LogP contribution is 2.36. The van der Waals surface area contributed by atoms with Crippen molar-refractivity contribution in [2.45, 2.75) is 66.5 Å². The lowest BCUT2D eigenvalue weighted by atomic mass is 9.99. The van der Waals surface area contributed by atoms with E-state index in [1.165, 1.54) is 16.0 Å². The first-order valence-electron chi connectivity index (χ1n) is 14.0. The molecular weight excluding hydrogens is 593 g/mol. The monoisotopic (exact) mass is 638 g/mol. The Kier molecular flexibility index (Phi) is 12.5. The quantitative estimate of drug-likeness (QED) is 0.351. The van der Waals surface area contributed by atoms with Crippen LogP contribution in [0.2, 0.25) is 0 Å². The average Bonchev–Trinajstić information content (AvgIpc) is 3.50. The normalized spacial score (nSPS) is 17.1. The first-order chi connectivity index (χ1) is 19.8. The number of aromatic nitrogens is 4. The Morgan fingerprint density at radius 3 is 2.52 bits per heavy atom. The third-order valence-electron chi connectivity index (χ3n) is 7.95. The van der Waals surface area contributed by atoms with Crippen molar-refractivity contribution in [2.24, 2.45) is 0 Å². The third kappa shape index (κ3) is 7.95. The Hall–Kier alpha value is -3.52. The summed E-state index contributed by atoms with van der Waals surface area (Å²) in [5, 5.41) is 8.34. The second kappa shape index (κ2) is 15.0. The molecule has 14 heteroatoms. The van der Waals surface area contributed by atoms with Gasteiger partial charge < -0.3 is 20.3 Å². The van der Waals surface area contributed by atoms with Crippen LogP contribution >= 0.6 is 13.5 Å². The maximum Gasteiger partial charge on any atom is 0.318 e. The molecule has 5 rings (SSSR count). The summed E-state index contributed by atoms with van der Waals surface area (Å²) in [6.45, 7) is 12.9. The Labute approximate surface area is 264 Å². The van der Waals surface area contributed by atoms with Crippen molar-refractivity contribution in [1.29, 1.82) is 0 Å². The maximum absolute atomic E-state index is 13.7. The molecule has 0 saturated carbocycles. The van der Waals surface area contributed by atoms with E-state index < -0.39 is 17.7 Å². The molecule has 2 aliphatic heterocycles. The molecule has 0 radical (unpaired) electrons. The molecule has 1 aromatic carbocycles. The second-order valence-corrected chi connectivity index (χ2v) is 10.8. The number of nitrogens with two attached hydrogens (primary N) is 1. The van der Waals surface area contributed by atoms with Gasteiger partial charge in [-0.3, -0.25) is 14.8 Å². The SMILES string of the molecule is C.C=C(F)C(=O)N(CC)CC.Cc1cc2[nH]ncc2c(N2CCc3c(N)nc(OC[C@@H]4CC(F)(F)CN4C)nc3C2)c1C.S. The van der Waals surface area contributed by atoms with Crippen LogP contribution in [0, 0.1) is 13.8 Å². The minimum absolute atomic E-state index is 0. The first kappa shape index (κ1) is 36.7. The lowest BCUT2D eigenvalue weighted by Gasteiger charge is -2.32. The molecule has 0 bridgehead atoms. The number of anilines is 2. The zero-order chi connectivity index (χ0) is 30.8. The summed E-state index contributed by atoms with van der Waals surface area (Å²) in [7, 11) is 1.68. The summed E-state index contributed by atoms with van der Waals surface area (Å²) in [6.07, 6.45) is 2.33. The largest absolute Gasteiger partial charge is 0.462 e. The second-order valence-electron chi connectivity index (χ2n) is 10.8. The number of benzene rings is 1.